The van der Waals surface area contributed by atoms with Crippen molar-refractivity contribution in [1.29, 1.82) is 0 Å². The van der Waals surface area contributed by atoms with E-state index in [4.69, 9.17) is 4.74 Å². The third kappa shape index (κ3) is 3.51. The number of esters is 1. The molecular formula is C11H13NO3S. The van der Waals surface area contributed by atoms with E-state index in [9.17, 15) is 9.90 Å². The molecule has 0 spiro atoms. The molecule has 0 saturated carbocycles. The van der Waals surface area contributed by atoms with E-state index < -0.39 is 5.97 Å². The highest BCUT2D eigenvalue weighted by atomic mass is 32.1. The summed E-state index contributed by atoms with van der Waals surface area (Å²) in [6, 6.07) is 3.67. The van der Waals surface area contributed by atoms with Gasteiger partial charge in [0.1, 0.15) is 16.3 Å². The first kappa shape index (κ1) is 12.4. The van der Waals surface area contributed by atoms with E-state index in [1.165, 1.54) is 24.5 Å². The van der Waals surface area contributed by atoms with Crippen LogP contribution in [0.2, 0.25) is 0 Å². The third-order valence-corrected chi connectivity index (χ3v) is 2.49. The minimum Gasteiger partial charge on any atom is -0.512 e. The summed E-state index contributed by atoms with van der Waals surface area (Å²) in [5.41, 5.74) is 0.0789. The zero-order chi connectivity index (χ0) is 12.0. The van der Waals surface area contributed by atoms with Crippen LogP contribution >= 0.6 is 11.3 Å². The van der Waals surface area contributed by atoms with E-state index in [0.29, 0.717) is 0 Å². The molecule has 0 atom stereocenters. The zero-order valence-electron chi connectivity index (χ0n) is 9.14. The lowest BCUT2D eigenvalue weighted by Crippen LogP contribution is -2.10. The van der Waals surface area contributed by atoms with Gasteiger partial charge in [-0.25, -0.2) is 9.79 Å². The summed E-state index contributed by atoms with van der Waals surface area (Å²) in [5.74, 6) is -0.665. The fourth-order valence-electron chi connectivity index (χ4n) is 0.974. The number of allylic oxidation sites excluding steroid dienone is 1. The van der Waals surface area contributed by atoms with Gasteiger partial charge in [0.05, 0.1) is 6.61 Å². The van der Waals surface area contributed by atoms with Gasteiger partial charge >= 0.3 is 5.97 Å². The molecule has 16 heavy (non-hydrogen) atoms. The van der Waals surface area contributed by atoms with E-state index in [1.54, 1.807) is 6.92 Å². The first-order chi connectivity index (χ1) is 7.65. The molecule has 1 heterocycles. The van der Waals surface area contributed by atoms with E-state index in [-0.39, 0.29) is 17.9 Å². The number of aliphatic imine (C=N–C) groups is 1. The molecule has 0 aliphatic heterocycles. The van der Waals surface area contributed by atoms with Gasteiger partial charge in [-0.3, -0.25) is 0 Å². The van der Waals surface area contributed by atoms with Gasteiger partial charge in [-0.1, -0.05) is 0 Å². The quantitative estimate of drug-likeness (QED) is 0.380. The molecule has 0 bridgehead atoms. The lowest BCUT2D eigenvalue weighted by molar-refractivity contribution is -0.138. The van der Waals surface area contributed by atoms with Crippen LogP contribution in [0.3, 0.4) is 0 Å². The van der Waals surface area contributed by atoms with Crippen LogP contribution in [0.25, 0.3) is 0 Å². The standard InChI is InChI=1S/C11H13NO3S/c1-3-15-11(14)9(8(2)13)7-12-10-5-4-6-16-10/h4-7,13H,3H2,1-2H3. The van der Waals surface area contributed by atoms with Crippen molar-refractivity contribution in [3.05, 3.63) is 28.8 Å². The SMILES string of the molecule is CCOC(=O)C(C=Nc1cccs1)=C(C)O. The monoisotopic (exact) mass is 239 g/mol. The second-order valence-corrected chi connectivity index (χ2v) is 3.86. The molecule has 5 heteroatoms. The summed E-state index contributed by atoms with van der Waals surface area (Å²) in [6.07, 6.45) is 1.32. The Morgan fingerprint density at radius 2 is 2.44 bits per heavy atom. The molecule has 86 valence electrons. The maximum Gasteiger partial charge on any atom is 0.343 e. The number of thiophene rings is 1. The summed E-state index contributed by atoms with van der Waals surface area (Å²) in [7, 11) is 0. The van der Waals surface area contributed by atoms with Gasteiger partial charge in [0.15, 0.2) is 0 Å². The molecule has 0 aromatic carbocycles. The Labute approximate surface area is 97.9 Å². The van der Waals surface area contributed by atoms with Crippen LogP contribution in [0, 0.1) is 0 Å². The highest BCUT2D eigenvalue weighted by Crippen LogP contribution is 2.19. The van der Waals surface area contributed by atoms with Crippen LogP contribution in [0.15, 0.2) is 33.8 Å². The van der Waals surface area contributed by atoms with Crippen LogP contribution < -0.4 is 0 Å². The lowest BCUT2D eigenvalue weighted by Gasteiger charge is -2.02. The fraction of sp³-hybridized carbons (Fsp3) is 0.273. The Bertz CT molecular complexity index is 403. The van der Waals surface area contributed by atoms with Crippen molar-refractivity contribution < 1.29 is 14.6 Å². The predicted octanol–water partition coefficient (Wildman–Crippen LogP) is 2.85. The molecule has 1 N–H and O–H groups in total. The van der Waals surface area contributed by atoms with Gasteiger partial charge in [0, 0.05) is 6.21 Å². The van der Waals surface area contributed by atoms with E-state index >= 15 is 0 Å². The largest absolute Gasteiger partial charge is 0.512 e. The smallest absolute Gasteiger partial charge is 0.343 e. The van der Waals surface area contributed by atoms with Crippen molar-refractivity contribution in [2.24, 2.45) is 4.99 Å². The van der Waals surface area contributed by atoms with Crippen molar-refractivity contribution in [3.8, 4) is 0 Å². The molecule has 0 unspecified atom stereocenters. The summed E-state index contributed by atoms with van der Waals surface area (Å²) >= 11 is 1.45. The number of aliphatic hydroxyl groups is 1. The van der Waals surface area contributed by atoms with Crippen molar-refractivity contribution >= 4 is 28.5 Å². The molecule has 0 saturated heterocycles. The van der Waals surface area contributed by atoms with Crippen LogP contribution in [-0.2, 0) is 9.53 Å². The second kappa shape index (κ2) is 6.07. The van der Waals surface area contributed by atoms with Crippen LogP contribution in [0.4, 0.5) is 5.00 Å². The number of aliphatic hydroxyl groups excluding tert-OH is 1. The molecule has 1 aromatic rings. The van der Waals surface area contributed by atoms with Gasteiger partial charge < -0.3 is 9.84 Å². The average molecular weight is 239 g/mol. The second-order valence-electron chi connectivity index (χ2n) is 2.93. The van der Waals surface area contributed by atoms with Gasteiger partial charge in [0.2, 0.25) is 0 Å². The maximum atomic E-state index is 11.4. The van der Waals surface area contributed by atoms with Crippen molar-refractivity contribution in [1.82, 2.24) is 0 Å². The Balaban J connectivity index is 2.82. The molecule has 0 radical (unpaired) electrons. The summed E-state index contributed by atoms with van der Waals surface area (Å²) in [6.45, 7) is 3.40. The number of nitrogens with zero attached hydrogens (tertiary/aromatic N) is 1. The number of hydrogen-bond acceptors (Lipinski definition) is 5. The van der Waals surface area contributed by atoms with Crippen LogP contribution in [0.1, 0.15) is 13.8 Å². The number of ether oxygens (including phenoxy) is 1. The molecule has 1 rings (SSSR count). The Morgan fingerprint density at radius 1 is 1.69 bits per heavy atom. The van der Waals surface area contributed by atoms with Gasteiger partial charge in [0.25, 0.3) is 0 Å². The first-order valence-corrected chi connectivity index (χ1v) is 5.67. The number of carbonyl (C=O) groups is 1. The number of hydrogen-bond donors (Lipinski definition) is 1. The topological polar surface area (TPSA) is 58.9 Å². The highest BCUT2D eigenvalue weighted by Gasteiger charge is 2.11. The summed E-state index contributed by atoms with van der Waals surface area (Å²) in [5, 5.41) is 12.0. The number of rotatable bonds is 4. The van der Waals surface area contributed by atoms with E-state index in [2.05, 4.69) is 4.99 Å². The summed E-state index contributed by atoms with van der Waals surface area (Å²) < 4.78 is 4.79. The minimum absolute atomic E-state index is 0.0789. The van der Waals surface area contributed by atoms with Crippen molar-refractivity contribution in [2.45, 2.75) is 13.8 Å². The summed E-state index contributed by atoms with van der Waals surface area (Å²) in [4.78, 5) is 15.5. The first-order valence-electron chi connectivity index (χ1n) is 4.79. The highest BCUT2D eigenvalue weighted by molar-refractivity contribution is 7.13. The van der Waals surface area contributed by atoms with Crippen LogP contribution in [-0.4, -0.2) is 23.9 Å². The third-order valence-electron chi connectivity index (χ3n) is 1.71. The van der Waals surface area contributed by atoms with Gasteiger partial charge in [-0.15, -0.1) is 11.3 Å². The molecule has 0 aliphatic rings. The fourth-order valence-corrected chi connectivity index (χ4v) is 1.54. The normalized spacial score (nSPS) is 12.6. The minimum atomic E-state index is -0.567. The molecule has 0 amide bonds. The lowest BCUT2D eigenvalue weighted by atomic mass is 10.2. The molecular weight excluding hydrogens is 226 g/mol. The number of carbonyl (C=O) groups excluding carboxylic acids is 1. The molecule has 0 fully saturated rings. The van der Waals surface area contributed by atoms with E-state index in [0.717, 1.165) is 5.00 Å². The van der Waals surface area contributed by atoms with E-state index in [1.807, 2.05) is 17.5 Å². The molecule has 1 aromatic heterocycles. The van der Waals surface area contributed by atoms with Gasteiger partial charge in [-0.05, 0) is 31.4 Å². The molecule has 0 aliphatic carbocycles. The Hall–Kier alpha value is -1.62. The van der Waals surface area contributed by atoms with Gasteiger partial charge in [-0.2, -0.15) is 0 Å². The zero-order valence-corrected chi connectivity index (χ0v) is 9.95. The Kier molecular flexibility index (Phi) is 4.72. The maximum absolute atomic E-state index is 11.4. The molecule has 4 nitrogen and oxygen atoms in total. The van der Waals surface area contributed by atoms with Crippen LogP contribution in [0.5, 0.6) is 0 Å². The van der Waals surface area contributed by atoms with Crippen molar-refractivity contribution in [3.63, 3.8) is 0 Å². The van der Waals surface area contributed by atoms with Crippen molar-refractivity contribution in [2.75, 3.05) is 6.61 Å². The average Bonchev–Trinajstić information content (AvgIpc) is 2.70. The Morgan fingerprint density at radius 3 is 2.94 bits per heavy atom. The predicted molar refractivity (Wildman–Crippen MR) is 64.4 cm³/mol.